The molecule has 12 heteroatoms. The summed E-state index contributed by atoms with van der Waals surface area (Å²) in [4.78, 5) is 35.6. The number of carbonyl (C=O) groups excluding carboxylic acids is 2. The highest BCUT2D eigenvalue weighted by molar-refractivity contribution is 6.34. The van der Waals surface area contributed by atoms with Crippen LogP contribution in [0.2, 0.25) is 5.02 Å². The topological polar surface area (TPSA) is 114 Å². The predicted octanol–water partition coefficient (Wildman–Crippen LogP) is 4.42. The van der Waals surface area contributed by atoms with Gasteiger partial charge in [-0.3, -0.25) is 14.4 Å². The number of amides is 2. The first-order chi connectivity index (χ1) is 17.0. The van der Waals surface area contributed by atoms with Crippen molar-refractivity contribution >= 4 is 29.4 Å². The van der Waals surface area contributed by atoms with Crippen molar-refractivity contribution in [1.82, 2.24) is 10.6 Å². The van der Waals surface area contributed by atoms with Crippen molar-refractivity contribution in [3.05, 3.63) is 58.6 Å². The first kappa shape index (κ1) is 27.1. The largest absolute Gasteiger partial charge is 0.573 e. The Balaban J connectivity index is 1.42. The van der Waals surface area contributed by atoms with Crippen molar-refractivity contribution in [2.24, 2.45) is 5.92 Å². The number of carbonyl (C=O) groups is 3. The number of alkyl halides is 3. The molecular weight excluding hydrogens is 505 g/mol. The highest BCUT2D eigenvalue weighted by Crippen LogP contribution is 2.30. The van der Waals surface area contributed by atoms with E-state index in [9.17, 15) is 27.6 Å². The number of carboxylic acid groups (broad SMARTS) is 1. The van der Waals surface area contributed by atoms with Gasteiger partial charge in [-0.2, -0.15) is 0 Å². The van der Waals surface area contributed by atoms with Crippen molar-refractivity contribution in [2.45, 2.75) is 38.1 Å². The van der Waals surface area contributed by atoms with Crippen LogP contribution < -0.4 is 20.1 Å². The number of rotatable bonds is 9. The van der Waals surface area contributed by atoms with Crippen molar-refractivity contribution in [2.75, 3.05) is 13.1 Å². The minimum atomic E-state index is -4.82. The summed E-state index contributed by atoms with van der Waals surface area (Å²) in [6, 6.07) is 9.08. The lowest BCUT2D eigenvalue weighted by molar-refractivity contribution is -0.274. The monoisotopic (exact) mass is 528 g/mol. The quantitative estimate of drug-likeness (QED) is 0.415. The van der Waals surface area contributed by atoms with Crippen LogP contribution in [-0.2, 0) is 4.79 Å². The van der Waals surface area contributed by atoms with Gasteiger partial charge >= 0.3 is 12.3 Å². The molecule has 1 saturated carbocycles. The fraction of sp³-hybridized carbons (Fsp3) is 0.375. The van der Waals surface area contributed by atoms with Crippen molar-refractivity contribution < 1.29 is 42.1 Å². The van der Waals surface area contributed by atoms with E-state index >= 15 is 0 Å². The number of ether oxygens (including phenoxy) is 2. The minimum Gasteiger partial charge on any atom is -0.490 e. The van der Waals surface area contributed by atoms with Crippen molar-refractivity contribution in [3.63, 3.8) is 0 Å². The number of nitrogens with one attached hydrogen (secondary N) is 2. The highest BCUT2D eigenvalue weighted by atomic mass is 35.5. The van der Waals surface area contributed by atoms with E-state index in [1.807, 2.05) is 0 Å². The molecule has 1 fully saturated rings. The zero-order valence-corrected chi connectivity index (χ0v) is 19.7. The van der Waals surface area contributed by atoms with E-state index in [-0.39, 0.29) is 41.3 Å². The molecule has 0 heterocycles. The van der Waals surface area contributed by atoms with Crippen molar-refractivity contribution in [1.29, 1.82) is 0 Å². The van der Waals surface area contributed by atoms with E-state index < -0.39 is 29.9 Å². The normalized spacial score (nSPS) is 17.7. The van der Waals surface area contributed by atoms with Gasteiger partial charge in [0.15, 0.2) is 0 Å². The number of carboxylic acids is 1. The molecule has 194 valence electrons. The smallest absolute Gasteiger partial charge is 0.490 e. The highest BCUT2D eigenvalue weighted by Gasteiger charge is 2.31. The maximum absolute atomic E-state index is 12.4. The fourth-order valence-corrected chi connectivity index (χ4v) is 3.99. The summed E-state index contributed by atoms with van der Waals surface area (Å²) in [5.41, 5.74) is 0.344. The Hall–Kier alpha value is -3.47. The average Bonchev–Trinajstić information content (AvgIpc) is 2.81. The summed E-state index contributed by atoms with van der Waals surface area (Å²) in [6.07, 6.45) is -2.61. The fourth-order valence-electron chi connectivity index (χ4n) is 3.73. The van der Waals surface area contributed by atoms with Crippen molar-refractivity contribution in [3.8, 4) is 11.5 Å². The third-order valence-corrected chi connectivity index (χ3v) is 5.87. The van der Waals surface area contributed by atoms with Gasteiger partial charge in [-0.15, -0.1) is 13.2 Å². The Labute approximate surface area is 209 Å². The SMILES string of the molecule is O=C(NCCNC(=O)c1ccc(OC2CCC(C(=O)O)CC2)cc1Cl)c1ccc(OC(F)(F)F)cc1. The molecule has 0 atom stereocenters. The van der Waals surface area contributed by atoms with Gasteiger partial charge in [0.2, 0.25) is 0 Å². The minimum absolute atomic E-state index is 0.0726. The molecule has 1 aliphatic rings. The Morgan fingerprint density at radius 2 is 1.50 bits per heavy atom. The molecule has 0 spiro atoms. The zero-order valence-electron chi connectivity index (χ0n) is 18.9. The third-order valence-electron chi connectivity index (χ3n) is 5.56. The Bertz CT molecular complexity index is 1090. The van der Waals surface area contributed by atoms with Crippen LogP contribution >= 0.6 is 11.6 Å². The Morgan fingerprint density at radius 3 is 2.06 bits per heavy atom. The van der Waals surface area contributed by atoms with E-state index in [1.54, 1.807) is 6.07 Å². The van der Waals surface area contributed by atoms with Gasteiger partial charge in [-0.1, -0.05) is 11.6 Å². The van der Waals surface area contributed by atoms with Crippen LogP contribution in [0.1, 0.15) is 46.4 Å². The molecule has 2 amide bonds. The molecule has 0 radical (unpaired) electrons. The van der Waals surface area contributed by atoms with E-state index in [4.69, 9.17) is 21.4 Å². The van der Waals surface area contributed by atoms with Gasteiger partial charge in [-0.25, -0.2) is 0 Å². The Kier molecular flexibility index (Phi) is 9.03. The van der Waals surface area contributed by atoms with Crippen LogP contribution in [0.5, 0.6) is 11.5 Å². The van der Waals surface area contributed by atoms with Gasteiger partial charge in [0, 0.05) is 18.7 Å². The first-order valence-corrected chi connectivity index (χ1v) is 11.5. The summed E-state index contributed by atoms with van der Waals surface area (Å²) >= 11 is 6.23. The molecule has 0 saturated heterocycles. The van der Waals surface area contributed by atoms with Gasteiger partial charge in [0.1, 0.15) is 11.5 Å². The second kappa shape index (κ2) is 12.0. The summed E-state index contributed by atoms with van der Waals surface area (Å²) in [5.74, 6) is -2.08. The molecule has 3 rings (SSSR count). The van der Waals surface area contributed by atoms with Crippen LogP contribution in [0, 0.1) is 5.92 Å². The number of hydrogen-bond donors (Lipinski definition) is 3. The molecule has 0 aliphatic heterocycles. The zero-order chi connectivity index (χ0) is 26.3. The van der Waals surface area contributed by atoms with E-state index in [0.29, 0.717) is 31.4 Å². The molecule has 2 aromatic rings. The molecule has 3 N–H and O–H groups in total. The summed E-state index contributed by atoms with van der Waals surface area (Å²) in [5, 5.41) is 14.4. The van der Waals surface area contributed by atoms with E-state index in [0.717, 1.165) is 12.1 Å². The van der Waals surface area contributed by atoms with Crippen LogP contribution in [0.25, 0.3) is 0 Å². The Morgan fingerprint density at radius 1 is 0.917 bits per heavy atom. The molecule has 36 heavy (non-hydrogen) atoms. The second-order valence-electron chi connectivity index (χ2n) is 8.16. The van der Waals surface area contributed by atoms with Crippen LogP contribution in [0.3, 0.4) is 0 Å². The molecule has 1 aliphatic carbocycles. The lowest BCUT2D eigenvalue weighted by atomic mass is 9.87. The van der Waals surface area contributed by atoms with Crippen LogP contribution in [0.15, 0.2) is 42.5 Å². The number of halogens is 4. The maximum Gasteiger partial charge on any atom is 0.573 e. The molecule has 0 bridgehead atoms. The second-order valence-corrected chi connectivity index (χ2v) is 8.56. The number of aliphatic carboxylic acids is 1. The predicted molar refractivity (Wildman–Crippen MR) is 123 cm³/mol. The molecule has 8 nitrogen and oxygen atoms in total. The lowest BCUT2D eigenvalue weighted by Crippen LogP contribution is -2.34. The van der Waals surface area contributed by atoms with Gasteiger partial charge in [-0.05, 0) is 68.1 Å². The van der Waals surface area contributed by atoms with E-state index in [2.05, 4.69) is 15.4 Å². The third kappa shape index (κ3) is 8.04. The van der Waals surface area contributed by atoms with E-state index in [1.165, 1.54) is 24.3 Å². The van der Waals surface area contributed by atoms with Gasteiger partial charge in [0.05, 0.1) is 22.6 Å². The molecule has 0 unspecified atom stereocenters. The molecular formula is C24H24ClF3N2O6. The lowest BCUT2D eigenvalue weighted by Gasteiger charge is -2.26. The molecule has 0 aromatic heterocycles. The van der Waals surface area contributed by atoms with Crippen LogP contribution in [-0.4, -0.2) is 48.4 Å². The molecule has 2 aromatic carbocycles. The first-order valence-electron chi connectivity index (χ1n) is 11.1. The maximum atomic E-state index is 12.4. The number of benzene rings is 2. The summed E-state index contributed by atoms with van der Waals surface area (Å²) < 4.78 is 46.2. The van der Waals surface area contributed by atoms with Gasteiger partial charge in [0.25, 0.3) is 11.8 Å². The summed E-state index contributed by atoms with van der Waals surface area (Å²) in [6.45, 7) is 0.157. The summed E-state index contributed by atoms with van der Waals surface area (Å²) in [7, 11) is 0. The number of hydrogen-bond acceptors (Lipinski definition) is 5. The average molecular weight is 529 g/mol. The van der Waals surface area contributed by atoms with Gasteiger partial charge < -0.3 is 25.2 Å². The standard InChI is InChI=1S/C24H24ClF3N2O6/c25-20-13-18(35-16-5-3-15(4-6-16)23(33)34)9-10-19(20)22(32)30-12-11-29-21(31)14-1-7-17(8-2-14)36-24(26,27)28/h1-2,7-10,13,15-16H,3-6,11-12H2,(H,29,31)(H,30,32)(H,33,34). The van der Waals surface area contributed by atoms with Crippen LogP contribution in [0.4, 0.5) is 13.2 Å².